The normalized spacial score (nSPS) is 12.0. The first-order valence-corrected chi connectivity index (χ1v) is 8.43. The molecule has 0 fully saturated rings. The summed E-state index contributed by atoms with van der Waals surface area (Å²) >= 11 is 1.12. The molecule has 0 aliphatic rings. The van der Waals surface area contributed by atoms with Crippen molar-refractivity contribution in [3.63, 3.8) is 0 Å². The van der Waals surface area contributed by atoms with E-state index in [4.69, 9.17) is 9.47 Å². The Kier molecular flexibility index (Phi) is 7.91. The highest BCUT2D eigenvalue weighted by molar-refractivity contribution is 7.17. The highest BCUT2D eigenvalue weighted by Crippen LogP contribution is 2.29. The zero-order valence-corrected chi connectivity index (χ0v) is 14.9. The molecular formula is C16H24N2O4S. The minimum absolute atomic E-state index is 0.0533. The fourth-order valence-electron chi connectivity index (χ4n) is 1.73. The molecular weight excluding hydrogens is 316 g/mol. The maximum Gasteiger partial charge on any atom is 0.350 e. The van der Waals surface area contributed by atoms with Gasteiger partial charge in [0.15, 0.2) is 5.13 Å². The quantitative estimate of drug-likeness (QED) is 0.424. The number of carbonyl (C=O) groups is 2. The van der Waals surface area contributed by atoms with Crippen molar-refractivity contribution >= 4 is 28.3 Å². The standard InChI is InChI=1S/C16H24N2O4S/c1-6-8-9-22-11(5)14(19)18-16-17-12(10(3)4)13(23-16)15(20)21-7-2/h6,10-11H,1,7-9H2,2-5H3,(H,17,18,19)/t11-/m1/s1. The van der Waals surface area contributed by atoms with Gasteiger partial charge in [0.05, 0.1) is 18.9 Å². The van der Waals surface area contributed by atoms with Crippen LogP contribution in [0.3, 0.4) is 0 Å². The highest BCUT2D eigenvalue weighted by atomic mass is 32.1. The van der Waals surface area contributed by atoms with Crippen LogP contribution in [-0.4, -0.2) is 36.2 Å². The van der Waals surface area contributed by atoms with Crippen LogP contribution in [0.4, 0.5) is 5.13 Å². The molecule has 1 amide bonds. The molecule has 0 unspecified atom stereocenters. The number of hydrogen-bond acceptors (Lipinski definition) is 6. The lowest BCUT2D eigenvalue weighted by Gasteiger charge is -2.11. The summed E-state index contributed by atoms with van der Waals surface area (Å²) in [6, 6.07) is 0. The number of thiazole rings is 1. The largest absolute Gasteiger partial charge is 0.462 e. The van der Waals surface area contributed by atoms with Gasteiger partial charge in [-0.15, -0.1) is 6.58 Å². The van der Waals surface area contributed by atoms with Gasteiger partial charge in [0.1, 0.15) is 11.0 Å². The molecule has 6 nitrogen and oxygen atoms in total. The minimum atomic E-state index is -0.604. The van der Waals surface area contributed by atoms with Crippen LogP contribution in [0.25, 0.3) is 0 Å². The van der Waals surface area contributed by atoms with Crippen LogP contribution in [0.15, 0.2) is 12.7 Å². The SMILES string of the molecule is C=CCCO[C@H](C)C(=O)Nc1nc(C(C)C)c(C(=O)OCC)s1. The summed E-state index contributed by atoms with van der Waals surface area (Å²) in [5.74, 6) is -0.657. The Morgan fingerprint density at radius 1 is 1.39 bits per heavy atom. The zero-order chi connectivity index (χ0) is 17.4. The minimum Gasteiger partial charge on any atom is -0.462 e. The summed E-state index contributed by atoms with van der Waals surface area (Å²) in [7, 11) is 0. The van der Waals surface area contributed by atoms with Gasteiger partial charge in [0.2, 0.25) is 0 Å². The van der Waals surface area contributed by atoms with E-state index in [9.17, 15) is 9.59 Å². The van der Waals surface area contributed by atoms with Crippen molar-refractivity contribution in [3.8, 4) is 0 Å². The average molecular weight is 340 g/mol. The molecule has 0 radical (unpaired) electrons. The van der Waals surface area contributed by atoms with Crippen LogP contribution in [0.5, 0.6) is 0 Å². The molecule has 7 heteroatoms. The van der Waals surface area contributed by atoms with Crippen LogP contribution in [0.1, 0.15) is 55.4 Å². The van der Waals surface area contributed by atoms with E-state index in [1.807, 2.05) is 13.8 Å². The third-order valence-corrected chi connectivity index (χ3v) is 3.92. The number of nitrogens with one attached hydrogen (secondary N) is 1. The van der Waals surface area contributed by atoms with E-state index in [0.717, 1.165) is 11.3 Å². The van der Waals surface area contributed by atoms with Crippen LogP contribution < -0.4 is 5.32 Å². The van der Waals surface area contributed by atoms with Gasteiger partial charge in [-0.05, 0) is 26.2 Å². The van der Waals surface area contributed by atoms with Crippen molar-refractivity contribution in [2.45, 2.75) is 46.1 Å². The maximum atomic E-state index is 12.1. The van der Waals surface area contributed by atoms with Crippen LogP contribution in [-0.2, 0) is 14.3 Å². The average Bonchev–Trinajstić information content (AvgIpc) is 2.91. The van der Waals surface area contributed by atoms with Crippen LogP contribution in [0.2, 0.25) is 0 Å². The first-order valence-electron chi connectivity index (χ1n) is 7.61. The maximum absolute atomic E-state index is 12.1. The van der Waals surface area contributed by atoms with Crippen molar-refractivity contribution < 1.29 is 19.1 Å². The molecule has 0 bridgehead atoms. The number of ether oxygens (including phenoxy) is 2. The predicted octanol–water partition coefficient (Wildman–Crippen LogP) is 3.36. The Bertz CT molecular complexity index is 554. The number of carbonyl (C=O) groups excluding carboxylic acids is 2. The number of hydrogen-bond donors (Lipinski definition) is 1. The number of aromatic nitrogens is 1. The Labute approximate surface area is 140 Å². The number of rotatable bonds is 9. The van der Waals surface area contributed by atoms with Crippen LogP contribution >= 0.6 is 11.3 Å². The van der Waals surface area contributed by atoms with Crippen molar-refractivity contribution in [3.05, 3.63) is 23.2 Å². The molecule has 0 aromatic carbocycles. The first kappa shape index (κ1) is 19.3. The van der Waals surface area contributed by atoms with Gasteiger partial charge < -0.3 is 9.47 Å². The molecule has 1 heterocycles. The Hall–Kier alpha value is -1.73. The molecule has 1 N–H and O–H groups in total. The molecule has 1 aromatic rings. The lowest BCUT2D eigenvalue weighted by Crippen LogP contribution is -2.28. The predicted molar refractivity (Wildman–Crippen MR) is 91.0 cm³/mol. The van der Waals surface area contributed by atoms with E-state index in [-0.39, 0.29) is 11.8 Å². The zero-order valence-electron chi connectivity index (χ0n) is 14.0. The smallest absolute Gasteiger partial charge is 0.350 e. The van der Waals surface area contributed by atoms with Gasteiger partial charge in [-0.3, -0.25) is 10.1 Å². The lowest BCUT2D eigenvalue weighted by molar-refractivity contribution is -0.126. The van der Waals surface area contributed by atoms with E-state index in [1.54, 1.807) is 19.9 Å². The number of anilines is 1. The fourth-order valence-corrected chi connectivity index (χ4v) is 2.75. The topological polar surface area (TPSA) is 77.5 Å². The first-order chi connectivity index (χ1) is 10.9. The third kappa shape index (κ3) is 5.76. The Morgan fingerprint density at radius 2 is 2.09 bits per heavy atom. The van der Waals surface area contributed by atoms with E-state index < -0.39 is 12.1 Å². The second-order valence-electron chi connectivity index (χ2n) is 5.19. The van der Waals surface area contributed by atoms with Crippen molar-refractivity contribution in [1.82, 2.24) is 4.98 Å². The lowest BCUT2D eigenvalue weighted by atomic mass is 10.1. The van der Waals surface area contributed by atoms with Gasteiger partial charge in [0, 0.05) is 0 Å². The van der Waals surface area contributed by atoms with E-state index in [0.29, 0.717) is 35.3 Å². The van der Waals surface area contributed by atoms with Gasteiger partial charge in [-0.25, -0.2) is 9.78 Å². The Balaban J connectivity index is 2.80. The number of esters is 1. The molecule has 128 valence electrons. The third-order valence-electron chi connectivity index (χ3n) is 2.95. The van der Waals surface area contributed by atoms with E-state index >= 15 is 0 Å². The van der Waals surface area contributed by atoms with Crippen molar-refractivity contribution in [2.75, 3.05) is 18.5 Å². The second-order valence-corrected chi connectivity index (χ2v) is 6.19. The fraction of sp³-hybridized carbons (Fsp3) is 0.562. The molecule has 0 aliphatic heterocycles. The molecule has 0 aliphatic carbocycles. The summed E-state index contributed by atoms with van der Waals surface area (Å²) in [6.45, 7) is 11.6. The summed E-state index contributed by atoms with van der Waals surface area (Å²) in [4.78, 5) is 28.8. The summed E-state index contributed by atoms with van der Waals surface area (Å²) in [5.41, 5.74) is 0.629. The summed E-state index contributed by atoms with van der Waals surface area (Å²) in [5, 5.41) is 3.07. The van der Waals surface area contributed by atoms with Gasteiger partial charge in [-0.1, -0.05) is 31.3 Å². The Morgan fingerprint density at radius 3 is 2.65 bits per heavy atom. The monoisotopic (exact) mass is 340 g/mol. The molecule has 1 rings (SSSR count). The molecule has 1 atom stereocenters. The highest BCUT2D eigenvalue weighted by Gasteiger charge is 2.23. The van der Waals surface area contributed by atoms with Crippen molar-refractivity contribution in [1.29, 1.82) is 0 Å². The number of amides is 1. The van der Waals surface area contributed by atoms with Gasteiger partial charge in [0.25, 0.3) is 5.91 Å². The second kappa shape index (κ2) is 9.42. The van der Waals surface area contributed by atoms with E-state index in [1.165, 1.54) is 0 Å². The van der Waals surface area contributed by atoms with Crippen LogP contribution in [0, 0.1) is 0 Å². The van der Waals surface area contributed by atoms with Gasteiger partial charge >= 0.3 is 5.97 Å². The van der Waals surface area contributed by atoms with Crippen molar-refractivity contribution in [2.24, 2.45) is 0 Å². The molecule has 0 saturated carbocycles. The summed E-state index contributed by atoms with van der Waals surface area (Å²) in [6.07, 6.45) is 1.80. The molecule has 23 heavy (non-hydrogen) atoms. The van der Waals surface area contributed by atoms with Gasteiger partial charge in [-0.2, -0.15) is 0 Å². The molecule has 1 aromatic heterocycles. The van der Waals surface area contributed by atoms with E-state index in [2.05, 4.69) is 16.9 Å². The number of nitrogens with zero attached hydrogens (tertiary/aromatic N) is 1. The molecule has 0 spiro atoms. The molecule has 0 saturated heterocycles. The summed E-state index contributed by atoms with van der Waals surface area (Å²) < 4.78 is 10.4.